The van der Waals surface area contributed by atoms with Crippen LogP contribution in [0.15, 0.2) is 0 Å². The quantitative estimate of drug-likeness (QED) is 0.825. The Kier molecular flexibility index (Phi) is 5.08. The summed E-state index contributed by atoms with van der Waals surface area (Å²) in [5, 5.41) is 13.1. The summed E-state index contributed by atoms with van der Waals surface area (Å²) in [7, 11) is 1.84. The van der Waals surface area contributed by atoms with Gasteiger partial charge in [0.25, 0.3) is 0 Å². The third kappa shape index (κ3) is 3.85. The van der Waals surface area contributed by atoms with Crippen LogP contribution in [0.2, 0.25) is 0 Å². The van der Waals surface area contributed by atoms with Gasteiger partial charge >= 0.3 is 6.03 Å². The van der Waals surface area contributed by atoms with Gasteiger partial charge in [0.15, 0.2) is 0 Å². The normalized spacial score (nSPS) is 35.1. The molecule has 2 fully saturated rings. The number of hydrogen-bond donors (Lipinski definition) is 2. The number of urea groups is 1. The van der Waals surface area contributed by atoms with E-state index in [1.807, 2.05) is 7.05 Å². The molecule has 2 aliphatic carbocycles. The number of amides is 2. The lowest BCUT2D eigenvalue weighted by molar-refractivity contribution is 0.0562. The number of aliphatic hydroxyl groups is 1. The molecule has 0 aliphatic heterocycles. The summed E-state index contributed by atoms with van der Waals surface area (Å²) < 4.78 is 0. The van der Waals surface area contributed by atoms with Crippen LogP contribution in [-0.4, -0.2) is 41.8 Å². The molecule has 0 aromatic heterocycles. The zero-order valence-corrected chi connectivity index (χ0v) is 12.3. The predicted molar refractivity (Wildman–Crippen MR) is 75.9 cm³/mol. The number of rotatable bonds is 3. The molecule has 4 unspecified atom stereocenters. The highest BCUT2D eigenvalue weighted by Crippen LogP contribution is 2.26. The molecule has 19 heavy (non-hydrogen) atoms. The highest BCUT2D eigenvalue weighted by Gasteiger charge is 2.28. The Morgan fingerprint density at radius 2 is 1.95 bits per heavy atom. The van der Waals surface area contributed by atoms with E-state index < -0.39 is 0 Å². The van der Waals surface area contributed by atoms with Gasteiger partial charge in [0.05, 0.1) is 6.10 Å². The Morgan fingerprint density at radius 1 is 1.21 bits per heavy atom. The molecule has 2 amide bonds. The molecule has 110 valence electrons. The lowest BCUT2D eigenvalue weighted by atomic mass is 9.86. The number of hydrogen-bond acceptors (Lipinski definition) is 2. The van der Waals surface area contributed by atoms with Crippen molar-refractivity contribution in [1.82, 2.24) is 10.2 Å². The monoisotopic (exact) mass is 268 g/mol. The fourth-order valence-electron chi connectivity index (χ4n) is 3.46. The number of nitrogens with one attached hydrogen (secondary N) is 1. The van der Waals surface area contributed by atoms with Crippen LogP contribution in [0.25, 0.3) is 0 Å². The molecule has 0 saturated heterocycles. The van der Waals surface area contributed by atoms with Crippen LogP contribution in [-0.2, 0) is 0 Å². The number of carbonyl (C=O) groups excluding carboxylic acids is 1. The maximum absolute atomic E-state index is 12.2. The van der Waals surface area contributed by atoms with Crippen LogP contribution in [0, 0.1) is 11.8 Å². The van der Waals surface area contributed by atoms with Crippen molar-refractivity contribution < 1.29 is 9.90 Å². The van der Waals surface area contributed by atoms with Crippen LogP contribution in [0.3, 0.4) is 0 Å². The minimum absolute atomic E-state index is 0.0246. The highest BCUT2D eigenvalue weighted by atomic mass is 16.3. The summed E-state index contributed by atoms with van der Waals surface area (Å²) >= 11 is 0. The van der Waals surface area contributed by atoms with Crippen LogP contribution in [0.4, 0.5) is 4.79 Å². The Bertz CT molecular complexity index is 309. The second-order valence-electron chi connectivity index (χ2n) is 6.46. The van der Waals surface area contributed by atoms with Gasteiger partial charge in [-0.1, -0.05) is 26.2 Å². The zero-order valence-electron chi connectivity index (χ0n) is 12.3. The van der Waals surface area contributed by atoms with E-state index >= 15 is 0 Å². The first-order valence-electron chi connectivity index (χ1n) is 7.77. The minimum Gasteiger partial charge on any atom is -0.393 e. The van der Waals surface area contributed by atoms with Crippen LogP contribution >= 0.6 is 0 Å². The average Bonchev–Trinajstić information content (AvgIpc) is 2.78. The molecule has 2 saturated carbocycles. The molecule has 2 N–H and O–H groups in total. The summed E-state index contributed by atoms with van der Waals surface area (Å²) in [6.45, 7) is 2.89. The standard InChI is InChI=1S/C15H28N2O2/c1-11-6-5-8-13(11)16-15(19)17(2)10-12-7-3-4-9-14(12)18/h11-14,18H,3-10H2,1-2H3,(H,16,19). The second-order valence-corrected chi connectivity index (χ2v) is 6.46. The highest BCUT2D eigenvalue weighted by molar-refractivity contribution is 5.74. The first-order valence-corrected chi connectivity index (χ1v) is 7.77. The molecule has 4 heteroatoms. The van der Waals surface area contributed by atoms with Crippen LogP contribution in [0.1, 0.15) is 51.9 Å². The van der Waals surface area contributed by atoms with Crippen molar-refractivity contribution in [2.75, 3.05) is 13.6 Å². The van der Waals surface area contributed by atoms with Crippen molar-refractivity contribution >= 4 is 6.03 Å². The van der Waals surface area contributed by atoms with E-state index in [0.717, 1.165) is 25.7 Å². The van der Waals surface area contributed by atoms with Gasteiger partial charge in [0.2, 0.25) is 0 Å². The Balaban J connectivity index is 1.78. The van der Waals surface area contributed by atoms with Gasteiger partial charge < -0.3 is 15.3 Å². The average molecular weight is 268 g/mol. The predicted octanol–water partition coefficient (Wildman–Crippen LogP) is 2.37. The summed E-state index contributed by atoms with van der Waals surface area (Å²) in [6.07, 6.45) is 7.54. The van der Waals surface area contributed by atoms with Crippen molar-refractivity contribution in [2.24, 2.45) is 11.8 Å². The Morgan fingerprint density at radius 3 is 2.58 bits per heavy atom. The van der Waals surface area contributed by atoms with Crippen molar-refractivity contribution in [3.63, 3.8) is 0 Å². The van der Waals surface area contributed by atoms with Crippen molar-refractivity contribution in [3.8, 4) is 0 Å². The second kappa shape index (κ2) is 6.60. The Labute approximate surface area is 116 Å². The lowest BCUT2D eigenvalue weighted by Gasteiger charge is -2.32. The first kappa shape index (κ1) is 14.6. The maximum atomic E-state index is 12.2. The van der Waals surface area contributed by atoms with Crippen LogP contribution < -0.4 is 5.32 Å². The largest absolute Gasteiger partial charge is 0.393 e. The van der Waals surface area contributed by atoms with E-state index in [2.05, 4.69) is 12.2 Å². The molecule has 0 aromatic carbocycles. The molecule has 4 nitrogen and oxygen atoms in total. The molecule has 0 bridgehead atoms. The van der Waals surface area contributed by atoms with E-state index in [0.29, 0.717) is 18.5 Å². The molecule has 0 heterocycles. The molecular weight excluding hydrogens is 240 g/mol. The van der Waals surface area contributed by atoms with E-state index in [1.54, 1.807) is 4.90 Å². The molecule has 4 atom stereocenters. The van der Waals surface area contributed by atoms with Gasteiger partial charge in [-0.3, -0.25) is 0 Å². The fraction of sp³-hybridized carbons (Fsp3) is 0.933. The maximum Gasteiger partial charge on any atom is 0.317 e. The molecule has 0 aromatic rings. The van der Waals surface area contributed by atoms with Crippen molar-refractivity contribution in [2.45, 2.75) is 64.0 Å². The summed E-state index contributed by atoms with van der Waals surface area (Å²) in [5.74, 6) is 0.850. The van der Waals surface area contributed by atoms with Crippen molar-refractivity contribution in [1.29, 1.82) is 0 Å². The van der Waals surface area contributed by atoms with Gasteiger partial charge in [-0.25, -0.2) is 4.79 Å². The third-order valence-corrected chi connectivity index (χ3v) is 4.89. The minimum atomic E-state index is -0.227. The number of nitrogens with zero attached hydrogens (tertiary/aromatic N) is 1. The number of carbonyl (C=O) groups is 1. The molecular formula is C15H28N2O2. The van der Waals surface area contributed by atoms with Gasteiger partial charge in [-0.15, -0.1) is 0 Å². The molecule has 2 rings (SSSR count). The van der Waals surface area contributed by atoms with Gasteiger partial charge in [0.1, 0.15) is 0 Å². The number of aliphatic hydroxyl groups excluding tert-OH is 1. The van der Waals surface area contributed by atoms with Gasteiger partial charge in [0, 0.05) is 25.6 Å². The zero-order chi connectivity index (χ0) is 13.8. The summed E-state index contributed by atoms with van der Waals surface area (Å²) in [5.41, 5.74) is 0. The third-order valence-electron chi connectivity index (χ3n) is 4.89. The summed E-state index contributed by atoms with van der Waals surface area (Å²) in [6, 6.07) is 0.364. The fourth-order valence-corrected chi connectivity index (χ4v) is 3.46. The van der Waals surface area contributed by atoms with Gasteiger partial charge in [-0.2, -0.15) is 0 Å². The first-order chi connectivity index (χ1) is 9.08. The Hall–Kier alpha value is -0.770. The van der Waals surface area contributed by atoms with E-state index in [-0.39, 0.29) is 18.1 Å². The van der Waals surface area contributed by atoms with E-state index in [4.69, 9.17) is 0 Å². The molecule has 0 spiro atoms. The van der Waals surface area contributed by atoms with E-state index in [1.165, 1.54) is 19.3 Å². The van der Waals surface area contributed by atoms with Crippen molar-refractivity contribution in [3.05, 3.63) is 0 Å². The summed E-state index contributed by atoms with van der Waals surface area (Å²) in [4.78, 5) is 13.9. The van der Waals surface area contributed by atoms with E-state index in [9.17, 15) is 9.90 Å². The van der Waals surface area contributed by atoms with Gasteiger partial charge in [-0.05, 0) is 31.6 Å². The molecule has 0 radical (unpaired) electrons. The lowest BCUT2D eigenvalue weighted by Crippen LogP contribution is -2.47. The SMILES string of the molecule is CC1CCCC1NC(=O)N(C)CC1CCCCC1O. The molecule has 2 aliphatic rings. The smallest absolute Gasteiger partial charge is 0.317 e. The topological polar surface area (TPSA) is 52.6 Å². The van der Waals surface area contributed by atoms with Crippen LogP contribution in [0.5, 0.6) is 0 Å².